The molecular formula is C14H22N2. The van der Waals surface area contributed by atoms with E-state index in [2.05, 4.69) is 55.0 Å². The highest BCUT2D eigenvalue weighted by molar-refractivity contribution is 5.30. The van der Waals surface area contributed by atoms with Crippen molar-refractivity contribution in [2.75, 3.05) is 26.7 Å². The van der Waals surface area contributed by atoms with Crippen LogP contribution in [0.5, 0.6) is 0 Å². The second-order valence-electron chi connectivity index (χ2n) is 5.02. The maximum Gasteiger partial charge on any atom is 0.0389 e. The molecule has 1 aliphatic carbocycles. The Morgan fingerprint density at radius 1 is 1.25 bits per heavy atom. The van der Waals surface area contributed by atoms with Gasteiger partial charge in [0.2, 0.25) is 0 Å². The van der Waals surface area contributed by atoms with Gasteiger partial charge < -0.3 is 9.80 Å². The van der Waals surface area contributed by atoms with E-state index in [9.17, 15) is 0 Å². The summed E-state index contributed by atoms with van der Waals surface area (Å²) in [7, 11) is 2.20. The number of hydrogen-bond acceptors (Lipinski definition) is 2. The van der Waals surface area contributed by atoms with Gasteiger partial charge in [0.1, 0.15) is 0 Å². The van der Waals surface area contributed by atoms with E-state index < -0.39 is 0 Å². The van der Waals surface area contributed by atoms with Gasteiger partial charge in [0.25, 0.3) is 0 Å². The zero-order valence-electron chi connectivity index (χ0n) is 10.6. The first kappa shape index (κ1) is 11.5. The average Bonchev–Trinajstić information content (AvgIpc) is 2.43. The quantitative estimate of drug-likeness (QED) is 0.667. The SMILES string of the molecule is CC1=CC=C(N2CCN(C)CC2C)C=CC1. The maximum absolute atomic E-state index is 2.52. The fourth-order valence-electron chi connectivity index (χ4n) is 2.43. The van der Waals surface area contributed by atoms with Crippen molar-refractivity contribution in [2.24, 2.45) is 0 Å². The van der Waals surface area contributed by atoms with Crippen LogP contribution in [0.3, 0.4) is 0 Å². The maximum atomic E-state index is 2.52. The Morgan fingerprint density at radius 3 is 2.81 bits per heavy atom. The molecule has 0 N–H and O–H groups in total. The van der Waals surface area contributed by atoms with E-state index in [0.29, 0.717) is 6.04 Å². The minimum Gasteiger partial charge on any atom is -0.366 e. The van der Waals surface area contributed by atoms with Crippen LogP contribution in [0.1, 0.15) is 20.3 Å². The summed E-state index contributed by atoms with van der Waals surface area (Å²) >= 11 is 0. The molecule has 0 aromatic rings. The lowest BCUT2D eigenvalue weighted by Crippen LogP contribution is -2.49. The first-order chi connectivity index (χ1) is 7.66. The first-order valence-corrected chi connectivity index (χ1v) is 6.16. The Morgan fingerprint density at radius 2 is 2.06 bits per heavy atom. The minimum atomic E-state index is 0.612. The summed E-state index contributed by atoms with van der Waals surface area (Å²) in [6, 6.07) is 0.612. The Bertz CT molecular complexity index is 339. The molecule has 2 heteroatoms. The molecule has 1 fully saturated rings. The van der Waals surface area contributed by atoms with E-state index in [4.69, 9.17) is 0 Å². The van der Waals surface area contributed by atoms with Gasteiger partial charge in [0.05, 0.1) is 0 Å². The van der Waals surface area contributed by atoms with Crippen molar-refractivity contribution in [3.63, 3.8) is 0 Å². The summed E-state index contributed by atoms with van der Waals surface area (Å²) < 4.78 is 0. The summed E-state index contributed by atoms with van der Waals surface area (Å²) in [6.07, 6.45) is 10.1. The molecule has 0 aromatic heterocycles. The number of likely N-dealkylation sites (N-methyl/N-ethyl adjacent to an activating group) is 1. The van der Waals surface area contributed by atoms with Crippen molar-refractivity contribution < 1.29 is 0 Å². The van der Waals surface area contributed by atoms with Crippen LogP contribution < -0.4 is 0 Å². The van der Waals surface area contributed by atoms with E-state index in [1.54, 1.807) is 0 Å². The third-order valence-electron chi connectivity index (χ3n) is 3.43. The van der Waals surface area contributed by atoms with E-state index in [1.807, 2.05) is 0 Å². The van der Waals surface area contributed by atoms with Crippen LogP contribution in [0.4, 0.5) is 0 Å². The predicted molar refractivity (Wildman–Crippen MR) is 69.3 cm³/mol. The molecule has 0 spiro atoms. The fraction of sp³-hybridized carbons (Fsp3) is 0.571. The third-order valence-corrected chi connectivity index (χ3v) is 3.43. The molecule has 2 aliphatic rings. The standard InChI is InChI=1S/C14H22N2/c1-12-5-4-6-14(8-7-12)16-10-9-15(3)11-13(16)2/h4,6-8,13H,5,9-11H2,1-3H3. The normalized spacial score (nSPS) is 27.4. The van der Waals surface area contributed by atoms with Crippen molar-refractivity contribution in [3.05, 3.63) is 35.6 Å². The Balaban J connectivity index is 2.12. The van der Waals surface area contributed by atoms with Gasteiger partial charge in [-0.1, -0.05) is 17.7 Å². The van der Waals surface area contributed by atoms with Gasteiger partial charge in [-0.3, -0.25) is 0 Å². The molecule has 0 radical (unpaired) electrons. The Hall–Kier alpha value is -1.02. The Kier molecular flexibility index (Phi) is 3.49. The molecule has 0 aromatic carbocycles. The number of piperazine rings is 1. The van der Waals surface area contributed by atoms with E-state index in [0.717, 1.165) is 26.1 Å². The predicted octanol–water partition coefficient (Wildman–Crippen LogP) is 2.41. The topological polar surface area (TPSA) is 6.48 Å². The monoisotopic (exact) mass is 218 g/mol. The molecule has 1 atom stereocenters. The van der Waals surface area contributed by atoms with Crippen LogP contribution in [0.15, 0.2) is 35.6 Å². The second kappa shape index (κ2) is 4.88. The smallest absolute Gasteiger partial charge is 0.0389 e. The summed E-state index contributed by atoms with van der Waals surface area (Å²) in [6.45, 7) is 7.97. The van der Waals surface area contributed by atoms with Crippen molar-refractivity contribution >= 4 is 0 Å². The molecule has 16 heavy (non-hydrogen) atoms. The molecule has 0 bridgehead atoms. The Labute approximate surface area is 98.9 Å². The van der Waals surface area contributed by atoms with Crippen LogP contribution in [0.2, 0.25) is 0 Å². The minimum absolute atomic E-state index is 0.612. The lowest BCUT2D eigenvalue weighted by molar-refractivity contribution is 0.135. The van der Waals surface area contributed by atoms with Crippen LogP contribution in [-0.4, -0.2) is 42.5 Å². The van der Waals surface area contributed by atoms with Gasteiger partial charge in [-0.15, -0.1) is 0 Å². The zero-order chi connectivity index (χ0) is 11.5. The summed E-state index contributed by atoms with van der Waals surface area (Å²) in [5.74, 6) is 0. The second-order valence-corrected chi connectivity index (χ2v) is 5.02. The van der Waals surface area contributed by atoms with Gasteiger partial charge in [-0.2, -0.15) is 0 Å². The highest BCUT2D eigenvalue weighted by Crippen LogP contribution is 2.19. The third kappa shape index (κ3) is 2.56. The molecule has 1 unspecified atom stereocenters. The van der Waals surface area contributed by atoms with Gasteiger partial charge in [0.15, 0.2) is 0 Å². The van der Waals surface area contributed by atoms with Crippen molar-refractivity contribution in [2.45, 2.75) is 26.3 Å². The summed E-state index contributed by atoms with van der Waals surface area (Å²) in [5.41, 5.74) is 2.81. The highest BCUT2D eigenvalue weighted by atomic mass is 15.3. The van der Waals surface area contributed by atoms with Gasteiger partial charge in [-0.25, -0.2) is 0 Å². The van der Waals surface area contributed by atoms with Crippen LogP contribution in [0.25, 0.3) is 0 Å². The summed E-state index contributed by atoms with van der Waals surface area (Å²) in [4.78, 5) is 4.93. The molecule has 0 amide bonds. The van der Waals surface area contributed by atoms with Crippen molar-refractivity contribution in [1.29, 1.82) is 0 Å². The van der Waals surface area contributed by atoms with Crippen molar-refractivity contribution in [3.8, 4) is 0 Å². The van der Waals surface area contributed by atoms with Gasteiger partial charge in [0, 0.05) is 31.4 Å². The lowest BCUT2D eigenvalue weighted by Gasteiger charge is -2.40. The molecule has 2 rings (SSSR count). The van der Waals surface area contributed by atoms with E-state index >= 15 is 0 Å². The van der Waals surface area contributed by atoms with Crippen molar-refractivity contribution in [1.82, 2.24) is 9.80 Å². The summed E-state index contributed by atoms with van der Waals surface area (Å²) in [5, 5.41) is 0. The molecule has 1 heterocycles. The number of hydrogen-bond donors (Lipinski definition) is 0. The van der Waals surface area contributed by atoms with Crippen LogP contribution in [0, 0.1) is 0 Å². The number of nitrogens with zero attached hydrogens (tertiary/aromatic N) is 2. The molecule has 0 saturated carbocycles. The first-order valence-electron chi connectivity index (χ1n) is 6.16. The van der Waals surface area contributed by atoms with E-state index in [-0.39, 0.29) is 0 Å². The molecule has 1 saturated heterocycles. The molecule has 88 valence electrons. The van der Waals surface area contributed by atoms with E-state index in [1.165, 1.54) is 11.3 Å². The van der Waals surface area contributed by atoms with Gasteiger partial charge in [-0.05, 0) is 39.5 Å². The van der Waals surface area contributed by atoms with Crippen LogP contribution in [-0.2, 0) is 0 Å². The molecular weight excluding hydrogens is 196 g/mol. The zero-order valence-corrected chi connectivity index (χ0v) is 10.6. The molecule has 1 aliphatic heterocycles. The lowest BCUT2D eigenvalue weighted by atomic mass is 10.1. The average molecular weight is 218 g/mol. The highest BCUT2D eigenvalue weighted by Gasteiger charge is 2.21. The molecule has 2 nitrogen and oxygen atoms in total. The fourth-order valence-corrected chi connectivity index (χ4v) is 2.43. The van der Waals surface area contributed by atoms with Crippen LogP contribution >= 0.6 is 0 Å². The number of allylic oxidation sites excluding steroid dienone is 5. The van der Waals surface area contributed by atoms with Gasteiger partial charge >= 0.3 is 0 Å². The number of rotatable bonds is 1. The largest absolute Gasteiger partial charge is 0.366 e.